The number of hydrogen-bond donors (Lipinski definition) is 0. The van der Waals surface area contributed by atoms with Crippen molar-refractivity contribution in [2.24, 2.45) is 0 Å². The summed E-state index contributed by atoms with van der Waals surface area (Å²) < 4.78 is 40.0. The Hall–Kier alpha value is -2.29. The molecule has 1 amide bonds. The van der Waals surface area contributed by atoms with Gasteiger partial charge in [0.15, 0.2) is 0 Å². The van der Waals surface area contributed by atoms with Gasteiger partial charge in [-0.15, -0.1) is 0 Å². The van der Waals surface area contributed by atoms with Gasteiger partial charge >= 0.3 is 0 Å². The highest BCUT2D eigenvalue weighted by molar-refractivity contribution is 7.89. The molecule has 1 aliphatic heterocycles. The lowest BCUT2D eigenvalue weighted by molar-refractivity contribution is -0.131. The van der Waals surface area contributed by atoms with E-state index in [2.05, 4.69) is 0 Å². The fraction of sp³-hybridized carbons (Fsp3) is 0.350. The lowest BCUT2D eigenvalue weighted by Gasteiger charge is -2.34. The minimum atomic E-state index is -3.72. The quantitative estimate of drug-likeness (QED) is 0.735. The van der Waals surface area contributed by atoms with Gasteiger partial charge in [-0.05, 0) is 23.8 Å². The van der Waals surface area contributed by atoms with E-state index in [4.69, 9.17) is 0 Å². The van der Waals surface area contributed by atoms with E-state index in [-0.39, 0.29) is 30.4 Å². The summed E-state index contributed by atoms with van der Waals surface area (Å²) in [6, 6.07) is 14.8. The second-order valence-electron chi connectivity index (χ2n) is 6.87. The molecule has 2 aromatic carbocycles. The van der Waals surface area contributed by atoms with E-state index in [1.54, 1.807) is 11.9 Å². The zero-order valence-electron chi connectivity index (χ0n) is 15.8. The zero-order chi connectivity index (χ0) is 20.1. The maximum absolute atomic E-state index is 13.4. The molecular formula is C20H24FN3O3S. The van der Waals surface area contributed by atoms with E-state index in [9.17, 15) is 17.6 Å². The summed E-state index contributed by atoms with van der Waals surface area (Å²) in [4.78, 5) is 16.0. The number of sulfonamides is 1. The van der Waals surface area contributed by atoms with Gasteiger partial charge in [0.1, 0.15) is 5.82 Å². The Morgan fingerprint density at radius 2 is 1.71 bits per heavy atom. The summed E-state index contributed by atoms with van der Waals surface area (Å²) in [7, 11) is -1.96. The normalized spacial score (nSPS) is 16.1. The molecule has 0 atom stereocenters. The highest BCUT2D eigenvalue weighted by atomic mass is 32.2. The Kier molecular flexibility index (Phi) is 6.43. The molecule has 0 spiro atoms. The molecule has 6 nitrogen and oxygen atoms in total. The minimum absolute atomic E-state index is 0.00899. The summed E-state index contributed by atoms with van der Waals surface area (Å²) in [5.74, 6) is -0.586. The molecule has 0 saturated carbocycles. The van der Waals surface area contributed by atoms with E-state index in [1.165, 1.54) is 22.5 Å². The van der Waals surface area contributed by atoms with Crippen molar-refractivity contribution < 1.29 is 17.6 Å². The van der Waals surface area contributed by atoms with Gasteiger partial charge in [-0.2, -0.15) is 4.31 Å². The third kappa shape index (κ3) is 4.95. The van der Waals surface area contributed by atoms with Crippen molar-refractivity contribution in [3.63, 3.8) is 0 Å². The molecule has 1 heterocycles. The predicted octanol–water partition coefficient (Wildman–Crippen LogP) is 1.79. The lowest BCUT2D eigenvalue weighted by atomic mass is 10.2. The van der Waals surface area contributed by atoms with Crippen molar-refractivity contribution in [2.75, 3.05) is 39.8 Å². The summed E-state index contributed by atoms with van der Waals surface area (Å²) in [6.07, 6.45) is 0. The maximum atomic E-state index is 13.4. The van der Waals surface area contributed by atoms with Crippen molar-refractivity contribution in [3.8, 4) is 0 Å². The van der Waals surface area contributed by atoms with Crippen LogP contribution in [0.15, 0.2) is 59.5 Å². The second-order valence-corrected chi connectivity index (χ2v) is 8.81. The minimum Gasteiger partial charge on any atom is -0.340 e. The van der Waals surface area contributed by atoms with Crippen molar-refractivity contribution >= 4 is 15.9 Å². The van der Waals surface area contributed by atoms with Gasteiger partial charge in [0.05, 0.1) is 11.4 Å². The number of nitrogens with zero attached hydrogens (tertiary/aromatic N) is 3. The van der Waals surface area contributed by atoms with Crippen LogP contribution in [-0.4, -0.2) is 68.2 Å². The molecule has 150 valence electrons. The molecular weight excluding hydrogens is 381 g/mol. The molecule has 0 bridgehead atoms. The Bertz CT molecular complexity index is 913. The van der Waals surface area contributed by atoms with Gasteiger partial charge in [-0.3, -0.25) is 9.69 Å². The number of amides is 1. The fourth-order valence-electron chi connectivity index (χ4n) is 3.16. The predicted molar refractivity (Wildman–Crippen MR) is 105 cm³/mol. The van der Waals surface area contributed by atoms with Gasteiger partial charge < -0.3 is 4.90 Å². The average Bonchev–Trinajstić information content (AvgIpc) is 2.69. The summed E-state index contributed by atoms with van der Waals surface area (Å²) in [5.41, 5.74) is 1.06. The molecule has 0 aliphatic carbocycles. The first-order chi connectivity index (χ1) is 13.4. The van der Waals surface area contributed by atoms with Crippen molar-refractivity contribution in [2.45, 2.75) is 11.4 Å². The van der Waals surface area contributed by atoms with Crippen LogP contribution in [0.2, 0.25) is 0 Å². The van der Waals surface area contributed by atoms with Crippen molar-refractivity contribution in [3.05, 3.63) is 66.0 Å². The molecule has 1 saturated heterocycles. The van der Waals surface area contributed by atoms with Crippen LogP contribution in [0.5, 0.6) is 0 Å². The molecule has 0 radical (unpaired) electrons. The van der Waals surface area contributed by atoms with Crippen LogP contribution in [0.1, 0.15) is 5.56 Å². The number of carbonyl (C=O) groups excluding carboxylic acids is 1. The van der Waals surface area contributed by atoms with Crippen LogP contribution in [0.3, 0.4) is 0 Å². The molecule has 2 aromatic rings. The Morgan fingerprint density at radius 1 is 1.04 bits per heavy atom. The number of piperazine rings is 1. The van der Waals surface area contributed by atoms with E-state index in [0.717, 1.165) is 11.6 Å². The molecule has 8 heteroatoms. The Labute approximate surface area is 165 Å². The molecule has 3 rings (SSSR count). The zero-order valence-corrected chi connectivity index (χ0v) is 16.6. The largest absolute Gasteiger partial charge is 0.340 e. The molecule has 0 N–H and O–H groups in total. The summed E-state index contributed by atoms with van der Waals surface area (Å²) in [6.45, 7) is 2.24. The Morgan fingerprint density at radius 3 is 2.36 bits per heavy atom. The number of benzene rings is 2. The van der Waals surface area contributed by atoms with Crippen LogP contribution in [0.4, 0.5) is 4.39 Å². The van der Waals surface area contributed by atoms with Crippen LogP contribution in [0.25, 0.3) is 0 Å². The van der Waals surface area contributed by atoms with Gasteiger partial charge in [0.25, 0.3) is 0 Å². The number of hydrogen-bond acceptors (Lipinski definition) is 4. The van der Waals surface area contributed by atoms with Crippen molar-refractivity contribution in [1.29, 1.82) is 0 Å². The number of carbonyl (C=O) groups is 1. The van der Waals surface area contributed by atoms with Crippen LogP contribution < -0.4 is 0 Å². The topological polar surface area (TPSA) is 60.9 Å². The highest BCUT2D eigenvalue weighted by Gasteiger charge is 2.29. The van der Waals surface area contributed by atoms with E-state index in [0.29, 0.717) is 19.6 Å². The van der Waals surface area contributed by atoms with Gasteiger partial charge in [0, 0.05) is 39.8 Å². The smallest absolute Gasteiger partial charge is 0.243 e. The monoisotopic (exact) mass is 405 g/mol. The lowest BCUT2D eigenvalue weighted by Crippen LogP contribution is -2.51. The summed E-state index contributed by atoms with van der Waals surface area (Å²) >= 11 is 0. The van der Waals surface area contributed by atoms with Gasteiger partial charge in [-0.25, -0.2) is 12.8 Å². The van der Waals surface area contributed by atoms with Crippen LogP contribution in [0, 0.1) is 5.82 Å². The van der Waals surface area contributed by atoms with Gasteiger partial charge in [0.2, 0.25) is 15.9 Å². The molecule has 1 aliphatic rings. The Balaban J connectivity index is 1.53. The number of halogens is 1. The standard InChI is InChI=1S/C20H24FN3O3S/c1-22(15-17-6-3-2-4-7-17)20(25)16-23-10-12-24(13-11-23)28(26,27)19-9-5-8-18(21)14-19/h2-9,14H,10-13,15-16H2,1H3. The second kappa shape index (κ2) is 8.81. The highest BCUT2D eigenvalue weighted by Crippen LogP contribution is 2.18. The van der Waals surface area contributed by atoms with Crippen LogP contribution >= 0.6 is 0 Å². The molecule has 0 aromatic heterocycles. The SMILES string of the molecule is CN(Cc1ccccc1)C(=O)CN1CCN(S(=O)(=O)c2cccc(F)c2)CC1. The maximum Gasteiger partial charge on any atom is 0.243 e. The first kappa shape index (κ1) is 20.4. The average molecular weight is 405 g/mol. The first-order valence-electron chi connectivity index (χ1n) is 9.12. The third-order valence-electron chi connectivity index (χ3n) is 4.81. The van der Waals surface area contributed by atoms with E-state index < -0.39 is 15.8 Å². The van der Waals surface area contributed by atoms with E-state index >= 15 is 0 Å². The van der Waals surface area contributed by atoms with E-state index in [1.807, 2.05) is 35.2 Å². The molecule has 0 unspecified atom stereocenters. The first-order valence-corrected chi connectivity index (χ1v) is 10.6. The van der Waals surface area contributed by atoms with Crippen LogP contribution in [-0.2, 0) is 21.4 Å². The third-order valence-corrected chi connectivity index (χ3v) is 6.71. The van der Waals surface area contributed by atoms with Gasteiger partial charge in [-0.1, -0.05) is 36.4 Å². The molecule has 28 heavy (non-hydrogen) atoms. The summed E-state index contributed by atoms with van der Waals surface area (Å²) in [5, 5.41) is 0. The number of rotatable bonds is 6. The molecule has 1 fully saturated rings. The fourth-order valence-corrected chi connectivity index (χ4v) is 4.62. The van der Waals surface area contributed by atoms with Crippen molar-refractivity contribution in [1.82, 2.24) is 14.1 Å². The number of likely N-dealkylation sites (N-methyl/N-ethyl adjacent to an activating group) is 1.